The highest BCUT2D eigenvalue weighted by molar-refractivity contribution is 6.31. The van der Waals surface area contributed by atoms with Crippen LogP contribution in [0.4, 0.5) is 4.79 Å². The first-order valence-electron chi connectivity index (χ1n) is 11.6. The van der Waals surface area contributed by atoms with Crippen molar-refractivity contribution < 1.29 is 19.0 Å². The smallest absolute Gasteiger partial charge is 0.411 e. The van der Waals surface area contributed by atoms with Gasteiger partial charge in [-0.1, -0.05) is 29.7 Å². The van der Waals surface area contributed by atoms with Crippen molar-refractivity contribution in [3.63, 3.8) is 0 Å². The number of hydrogen-bond donors (Lipinski definition) is 1. The van der Waals surface area contributed by atoms with Gasteiger partial charge in [0.25, 0.3) is 0 Å². The van der Waals surface area contributed by atoms with Gasteiger partial charge in [0, 0.05) is 41.0 Å². The van der Waals surface area contributed by atoms with E-state index in [1.54, 1.807) is 11.8 Å². The van der Waals surface area contributed by atoms with E-state index in [1.165, 1.54) is 5.56 Å². The third-order valence-electron chi connectivity index (χ3n) is 6.44. The topological polar surface area (TPSA) is 63.8 Å². The summed E-state index contributed by atoms with van der Waals surface area (Å²) in [5, 5.41) is 1.79. The van der Waals surface area contributed by atoms with E-state index in [-0.39, 0.29) is 24.8 Å². The highest BCUT2D eigenvalue weighted by Crippen LogP contribution is 2.39. The fourth-order valence-corrected chi connectivity index (χ4v) is 4.94. The van der Waals surface area contributed by atoms with Gasteiger partial charge in [-0.3, -0.25) is 4.90 Å². The zero-order chi connectivity index (χ0) is 23.5. The third-order valence-corrected chi connectivity index (χ3v) is 6.67. The van der Waals surface area contributed by atoms with Gasteiger partial charge in [0.1, 0.15) is 17.9 Å². The van der Waals surface area contributed by atoms with Crippen LogP contribution in [-0.2, 0) is 15.9 Å². The van der Waals surface area contributed by atoms with Gasteiger partial charge in [0.2, 0.25) is 0 Å². The molecule has 3 heterocycles. The lowest BCUT2D eigenvalue weighted by atomic mass is 9.92. The number of aromatic amines is 1. The van der Waals surface area contributed by atoms with Crippen molar-refractivity contribution in [2.24, 2.45) is 0 Å². The van der Waals surface area contributed by atoms with Gasteiger partial charge in [-0.2, -0.15) is 0 Å². The summed E-state index contributed by atoms with van der Waals surface area (Å²) in [6, 6.07) is 13.5. The highest BCUT2D eigenvalue weighted by atomic mass is 35.5. The molecule has 0 aliphatic carbocycles. The maximum atomic E-state index is 13.0. The van der Waals surface area contributed by atoms with Gasteiger partial charge in [-0.15, -0.1) is 5.92 Å². The number of aromatic nitrogens is 1. The molecule has 0 unspecified atom stereocenters. The Morgan fingerprint density at radius 2 is 2.00 bits per heavy atom. The molecule has 176 valence electrons. The van der Waals surface area contributed by atoms with Crippen molar-refractivity contribution in [2.75, 3.05) is 26.4 Å². The van der Waals surface area contributed by atoms with Crippen LogP contribution < -0.4 is 4.74 Å². The van der Waals surface area contributed by atoms with Gasteiger partial charge >= 0.3 is 6.09 Å². The summed E-state index contributed by atoms with van der Waals surface area (Å²) in [5.74, 6) is 6.38. The van der Waals surface area contributed by atoms with E-state index in [0.29, 0.717) is 18.0 Å². The van der Waals surface area contributed by atoms with Crippen molar-refractivity contribution in [3.8, 4) is 17.6 Å². The zero-order valence-corrected chi connectivity index (χ0v) is 19.9. The van der Waals surface area contributed by atoms with Gasteiger partial charge in [-0.05, 0) is 54.8 Å². The fraction of sp³-hybridized carbons (Fsp3) is 0.370. The standard InChI is InChI=1S/C27H27ClN2O4/c1-2-3-14-33-27(31)30-13-10-22-23-17-19(28)6-9-24(23)29-25(22)26(30)18-4-7-20(8-5-18)34-21-11-15-32-16-12-21/h4-9,17,21,26,29H,10-16H2,1H3/t26-/m0/s1. The van der Waals surface area contributed by atoms with Crippen LogP contribution in [0.25, 0.3) is 10.9 Å². The maximum Gasteiger partial charge on any atom is 0.411 e. The molecule has 3 aromatic rings. The van der Waals surface area contributed by atoms with E-state index >= 15 is 0 Å². The number of benzene rings is 2. The summed E-state index contributed by atoms with van der Waals surface area (Å²) in [6.45, 7) is 3.81. The number of halogens is 1. The molecule has 1 aromatic heterocycles. The quantitative estimate of drug-likeness (QED) is 0.504. The number of fused-ring (bicyclic) bond motifs is 3. The number of ether oxygens (including phenoxy) is 3. The Hall–Kier alpha value is -3.14. The molecule has 1 saturated heterocycles. The number of nitrogens with zero attached hydrogens (tertiary/aromatic N) is 1. The van der Waals surface area contributed by atoms with Crippen molar-refractivity contribution in [3.05, 3.63) is 64.3 Å². The maximum absolute atomic E-state index is 13.0. The molecule has 1 fully saturated rings. The normalized spacial score (nSPS) is 18.2. The van der Waals surface area contributed by atoms with E-state index in [1.807, 2.05) is 42.5 Å². The van der Waals surface area contributed by atoms with Gasteiger partial charge in [0.05, 0.1) is 13.2 Å². The second kappa shape index (κ2) is 10.0. The molecule has 2 aliphatic heterocycles. The number of carbonyl (C=O) groups is 1. The third kappa shape index (κ3) is 4.59. The van der Waals surface area contributed by atoms with E-state index in [4.69, 9.17) is 25.8 Å². The minimum Gasteiger partial charge on any atom is -0.490 e. The zero-order valence-electron chi connectivity index (χ0n) is 19.1. The largest absolute Gasteiger partial charge is 0.490 e. The Bertz CT molecular complexity index is 1240. The molecule has 1 atom stereocenters. The Balaban J connectivity index is 1.48. The Kier molecular flexibility index (Phi) is 6.66. The predicted molar refractivity (Wildman–Crippen MR) is 131 cm³/mol. The van der Waals surface area contributed by atoms with Crippen LogP contribution in [0.2, 0.25) is 5.02 Å². The highest BCUT2D eigenvalue weighted by Gasteiger charge is 2.35. The monoisotopic (exact) mass is 478 g/mol. The molecule has 1 amide bonds. The SMILES string of the molecule is CC#CCOC(=O)N1CCc2c([nH]c3ccc(Cl)cc23)[C@@H]1c1ccc(OC2CCOCC2)cc1. The molecule has 0 bridgehead atoms. The first-order valence-corrected chi connectivity index (χ1v) is 12.0. The number of nitrogens with one attached hydrogen (secondary N) is 1. The van der Waals surface area contributed by atoms with Gasteiger partial charge in [-0.25, -0.2) is 4.79 Å². The summed E-state index contributed by atoms with van der Waals surface area (Å²) >= 11 is 6.29. The first-order chi connectivity index (χ1) is 16.6. The number of H-pyrrole nitrogens is 1. The van der Waals surface area contributed by atoms with E-state index in [0.717, 1.165) is 54.0 Å². The summed E-state index contributed by atoms with van der Waals surface area (Å²) < 4.78 is 17.0. The van der Waals surface area contributed by atoms with Gasteiger partial charge in [0.15, 0.2) is 6.61 Å². The molecule has 2 aliphatic rings. The first kappa shape index (κ1) is 22.6. The predicted octanol–water partition coefficient (Wildman–Crippen LogP) is 5.49. The average molecular weight is 479 g/mol. The number of amides is 1. The minimum atomic E-state index is -0.377. The molecule has 0 saturated carbocycles. The fourth-order valence-electron chi connectivity index (χ4n) is 4.77. The second-order valence-corrected chi connectivity index (χ2v) is 8.97. The average Bonchev–Trinajstić information content (AvgIpc) is 3.22. The van der Waals surface area contributed by atoms with E-state index in [9.17, 15) is 4.79 Å². The lowest BCUT2D eigenvalue weighted by Crippen LogP contribution is -2.41. The van der Waals surface area contributed by atoms with Crippen LogP contribution in [-0.4, -0.2) is 48.4 Å². The molecule has 0 radical (unpaired) electrons. The number of carbonyl (C=O) groups excluding carboxylic acids is 1. The molecule has 34 heavy (non-hydrogen) atoms. The van der Waals surface area contributed by atoms with Crippen molar-refractivity contribution in [2.45, 2.75) is 38.3 Å². The molecular formula is C27H27ClN2O4. The molecule has 0 spiro atoms. The summed E-state index contributed by atoms with van der Waals surface area (Å²) in [5.41, 5.74) is 4.16. The van der Waals surface area contributed by atoms with E-state index in [2.05, 4.69) is 16.8 Å². The number of hydrogen-bond acceptors (Lipinski definition) is 4. The van der Waals surface area contributed by atoms with Gasteiger partial charge < -0.3 is 19.2 Å². The van der Waals surface area contributed by atoms with E-state index < -0.39 is 0 Å². The van der Waals surface area contributed by atoms with Crippen LogP contribution in [0.15, 0.2) is 42.5 Å². The molecule has 6 nitrogen and oxygen atoms in total. The Morgan fingerprint density at radius 1 is 1.21 bits per heavy atom. The second-order valence-electron chi connectivity index (χ2n) is 8.53. The van der Waals surface area contributed by atoms with Crippen molar-refractivity contribution >= 4 is 28.6 Å². The van der Waals surface area contributed by atoms with Crippen LogP contribution in [0.5, 0.6) is 5.75 Å². The van der Waals surface area contributed by atoms with Crippen LogP contribution >= 0.6 is 11.6 Å². The lowest BCUT2D eigenvalue weighted by Gasteiger charge is -2.35. The molecule has 7 heteroatoms. The summed E-state index contributed by atoms with van der Waals surface area (Å²) in [7, 11) is 0. The van der Waals surface area contributed by atoms with Crippen molar-refractivity contribution in [1.29, 1.82) is 0 Å². The minimum absolute atomic E-state index is 0.0750. The number of rotatable bonds is 4. The Labute approximate surface area is 204 Å². The molecule has 5 rings (SSSR count). The van der Waals surface area contributed by atoms with Crippen molar-refractivity contribution in [1.82, 2.24) is 9.88 Å². The molecule has 1 N–H and O–H groups in total. The van der Waals surface area contributed by atoms with Crippen LogP contribution in [0.3, 0.4) is 0 Å². The summed E-state index contributed by atoms with van der Waals surface area (Å²) in [6.07, 6.45) is 2.30. The summed E-state index contributed by atoms with van der Waals surface area (Å²) in [4.78, 5) is 18.3. The molecule has 2 aromatic carbocycles. The van der Waals surface area contributed by atoms with Crippen LogP contribution in [0, 0.1) is 11.8 Å². The lowest BCUT2D eigenvalue weighted by molar-refractivity contribution is 0.0255. The van der Waals surface area contributed by atoms with Crippen LogP contribution in [0.1, 0.15) is 42.6 Å². The Morgan fingerprint density at radius 3 is 2.76 bits per heavy atom. The molecular weight excluding hydrogens is 452 g/mol.